The van der Waals surface area contributed by atoms with Crippen molar-refractivity contribution in [3.63, 3.8) is 0 Å². The molecule has 0 bridgehead atoms. The fourth-order valence-electron chi connectivity index (χ4n) is 1.30. The topological polar surface area (TPSA) is 37.3 Å². The van der Waals surface area contributed by atoms with E-state index in [9.17, 15) is 18.0 Å². The summed E-state index contributed by atoms with van der Waals surface area (Å²) in [5.41, 5.74) is -0.891. The number of benzene rings is 1. The van der Waals surface area contributed by atoms with Gasteiger partial charge in [0.1, 0.15) is 0 Å². The summed E-state index contributed by atoms with van der Waals surface area (Å²) in [6.45, 7) is 1.55. The monoisotopic (exact) mass is 218 g/mol. The minimum Gasteiger partial charge on any atom is -0.478 e. The van der Waals surface area contributed by atoms with E-state index in [1.807, 2.05) is 0 Å². The van der Waals surface area contributed by atoms with E-state index >= 15 is 0 Å². The van der Waals surface area contributed by atoms with Gasteiger partial charge in [-0.05, 0) is 30.2 Å². The van der Waals surface area contributed by atoms with Crippen molar-refractivity contribution in [1.82, 2.24) is 0 Å². The molecule has 1 N–H and O–H groups in total. The van der Waals surface area contributed by atoms with E-state index in [-0.39, 0.29) is 17.5 Å². The van der Waals surface area contributed by atoms with E-state index < -0.39 is 17.7 Å². The zero-order valence-electron chi connectivity index (χ0n) is 7.93. The summed E-state index contributed by atoms with van der Waals surface area (Å²) >= 11 is 0. The Morgan fingerprint density at radius 2 is 2.00 bits per heavy atom. The van der Waals surface area contributed by atoms with Crippen LogP contribution in [0.4, 0.5) is 13.2 Å². The number of alkyl halides is 3. The molecule has 0 amide bonds. The van der Waals surface area contributed by atoms with Gasteiger partial charge in [-0.15, -0.1) is 0 Å². The van der Waals surface area contributed by atoms with Crippen molar-refractivity contribution >= 4 is 5.97 Å². The van der Waals surface area contributed by atoms with Crippen LogP contribution >= 0.6 is 0 Å². The fraction of sp³-hybridized carbons (Fsp3) is 0.300. The first kappa shape index (κ1) is 11.6. The minimum atomic E-state index is -4.43. The molecule has 0 spiro atoms. The summed E-state index contributed by atoms with van der Waals surface area (Å²) in [6, 6.07) is 2.83. The van der Waals surface area contributed by atoms with Gasteiger partial charge in [-0.3, -0.25) is 0 Å². The Kier molecular flexibility index (Phi) is 3.02. The van der Waals surface area contributed by atoms with Gasteiger partial charge < -0.3 is 5.11 Å². The van der Waals surface area contributed by atoms with Crippen LogP contribution in [0.3, 0.4) is 0 Å². The standard InChI is InChI=1S/C10H9F3O2/c1-2-6-5-7(9(14)15)3-4-8(6)10(11,12)13/h3-5H,2H2,1H3,(H,14,15). The van der Waals surface area contributed by atoms with Crippen LogP contribution in [-0.2, 0) is 12.6 Å². The van der Waals surface area contributed by atoms with Crippen molar-refractivity contribution in [2.75, 3.05) is 0 Å². The van der Waals surface area contributed by atoms with Crippen molar-refractivity contribution in [1.29, 1.82) is 0 Å². The average Bonchev–Trinajstić information content (AvgIpc) is 2.15. The van der Waals surface area contributed by atoms with E-state index in [0.29, 0.717) is 0 Å². The predicted octanol–water partition coefficient (Wildman–Crippen LogP) is 2.97. The Bertz CT molecular complexity index is 383. The molecule has 5 heteroatoms. The largest absolute Gasteiger partial charge is 0.478 e. The SMILES string of the molecule is CCc1cc(C(=O)O)ccc1C(F)(F)F. The Hall–Kier alpha value is -1.52. The lowest BCUT2D eigenvalue weighted by atomic mass is 10.0. The highest BCUT2D eigenvalue weighted by molar-refractivity contribution is 5.87. The number of carboxylic acid groups (broad SMARTS) is 1. The summed E-state index contributed by atoms with van der Waals surface area (Å²) in [6.07, 6.45) is -4.28. The first-order valence-corrected chi connectivity index (χ1v) is 4.29. The molecule has 1 rings (SSSR count). The molecular weight excluding hydrogens is 209 g/mol. The molecule has 2 nitrogen and oxygen atoms in total. The van der Waals surface area contributed by atoms with Crippen LogP contribution in [0.5, 0.6) is 0 Å². The number of carbonyl (C=O) groups is 1. The molecule has 1 aromatic carbocycles. The van der Waals surface area contributed by atoms with Gasteiger partial charge in [0.05, 0.1) is 11.1 Å². The highest BCUT2D eigenvalue weighted by atomic mass is 19.4. The van der Waals surface area contributed by atoms with Crippen molar-refractivity contribution in [2.24, 2.45) is 0 Å². The molecule has 0 aliphatic rings. The molecule has 0 aliphatic heterocycles. The van der Waals surface area contributed by atoms with Crippen LogP contribution in [-0.4, -0.2) is 11.1 Å². The third-order valence-electron chi connectivity index (χ3n) is 2.04. The first-order valence-electron chi connectivity index (χ1n) is 4.29. The lowest BCUT2D eigenvalue weighted by molar-refractivity contribution is -0.138. The van der Waals surface area contributed by atoms with E-state index in [1.165, 1.54) is 0 Å². The summed E-state index contributed by atoms with van der Waals surface area (Å²) in [5, 5.41) is 8.62. The Morgan fingerprint density at radius 3 is 2.40 bits per heavy atom. The highest BCUT2D eigenvalue weighted by Gasteiger charge is 2.32. The Labute approximate surface area is 84.3 Å². The molecular formula is C10H9F3O2. The molecule has 0 fully saturated rings. The third kappa shape index (κ3) is 2.49. The molecule has 0 radical (unpaired) electrons. The number of aromatic carboxylic acids is 1. The second-order valence-corrected chi connectivity index (χ2v) is 3.03. The quantitative estimate of drug-likeness (QED) is 0.828. The van der Waals surface area contributed by atoms with Gasteiger partial charge in [0, 0.05) is 0 Å². The molecule has 0 aliphatic carbocycles. The van der Waals surface area contributed by atoms with Gasteiger partial charge in [-0.25, -0.2) is 4.79 Å². The molecule has 0 saturated carbocycles. The molecule has 0 atom stereocenters. The van der Waals surface area contributed by atoms with Crippen molar-refractivity contribution in [3.8, 4) is 0 Å². The van der Waals surface area contributed by atoms with Crippen molar-refractivity contribution < 1.29 is 23.1 Å². The number of hydrogen-bond donors (Lipinski definition) is 1. The second kappa shape index (κ2) is 3.92. The maximum Gasteiger partial charge on any atom is 0.416 e. The normalized spacial score (nSPS) is 11.5. The van der Waals surface area contributed by atoms with Crippen LogP contribution in [0.15, 0.2) is 18.2 Å². The lowest BCUT2D eigenvalue weighted by Crippen LogP contribution is -2.10. The smallest absolute Gasteiger partial charge is 0.416 e. The van der Waals surface area contributed by atoms with Gasteiger partial charge in [-0.2, -0.15) is 13.2 Å². The summed E-state index contributed by atoms with van der Waals surface area (Å²) in [5.74, 6) is -1.22. The molecule has 15 heavy (non-hydrogen) atoms. The predicted molar refractivity (Wildman–Crippen MR) is 47.8 cm³/mol. The van der Waals surface area contributed by atoms with Gasteiger partial charge in [0.25, 0.3) is 0 Å². The maximum absolute atomic E-state index is 12.4. The van der Waals surface area contributed by atoms with Crippen LogP contribution in [0, 0.1) is 0 Å². The molecule has 0 aromatic heterocycles. The number of hydrogen-bond acceptors (Lipinski definition) is 1. The average molecular weight is 218 g/mol. The second-order valence-electron chi connectivity index (χ2n) is 3.03. The zero-order chi connectivity index (χ0) is 11.6. The van der Waals surface area contributed by atoms with E-state index in [4.69, 9.17) is 5.11 Å². The summed E-state index contributed by atoms with van der Waals surface area (Å²) < 4.78 is 37.3. The Morgan fingerprint density at radius 1 is 1.40 bits per heavy atom. The van der Waals surface area contributed by atoms with Crippen molar-refractivity contribution in [3.05, 3.63) is 34.9 Å². The molecule has 82 valence electrons. The van der Waals surface area contributed by atoms with Gasteiger partial charge >= 0.3 is 12.1 Å². The zero-order valence-corrected chi connectivity index (χ0v) is 7.93. The van der Waals surface area contributed by atoms with Crippen LogP contribution < -0.4 is 0 Å². The van der Waals surface area contributed by atoms with Crippen molar-refractivity contribution in [2.45, 2.75) is 19.5 Å². The van der Waals surface area contributed by atoms with Crippen LogP contribution in [0.1, 0.15) is 28.4 Å². The van der Waals surface area contributed by atoms with E-state index in [2.05, 4.69) is 0 Å². The number of rotatable bonds is 2. The summed E-state index contributed by atoms with van der Waals surface area (Å²) in [4.78, 5) is 10.5. The third-order valence-corrected chi connectivity index (χ3v) is 2.04. The lowest BCUT2D eigenvalue weighted by Gasteiger charge is -2.11. The molecule has 0 heterocycles. The van der Waals surface area contributed by atoms with Gasteiger partial charge in [0.15, 0.2) is 0 Å². The molecule has 0 saturated heterocycles. The van der Waals surface area contributed by atoms with E-state index in [0.717, 1.165) is 18.2 Å². The Balaban J connectivity index is 3.27. The van der Waals surface area contributed by atoms with Crippen LogP contribution in [0.25, 0.3) is 0 Å². The molecule has 1 aromatic rings. The molecule has 0 unspecified atom stereocenters. The maximum atomic E-state index is 12.4. The number of carboxylic acids is 1. The van der Waals surface area contributed by atoms with Gasteiger partial charge in [-0.1, -0.05) is 6.92 Å². The summed E-state index contributed by atoms with van der Waals surface area (Å²) in [7, 11) is 0. The van der Waals surface area contributed by atoms with E-state index in [1.54, 1.807) is 6.92 Å². The minimum absolute atomic E-state index is 0.00222. The van der Waals surface area contributed by atoms with Gasteiger partial charge in [0.2, 0.25) is 0 Å². The first-order chi connectivity index (χ1) is 6.86. The van der Waals surface area contributed by atoms with Crippen LogP contribution in [0.2, 0.25) is 0 Å². The fourth-order valence-corrected chi connectivity index (χ4v) is 1.30. The number of aryl methyl sites for hydroxylation is 1. The highest BCUT2D eigenvalue weighted by Crippen LogP contribution is 2.32. The number of halogens is 3.